The Morgan fingerprint density at radius 3 is 2.10 bits per heavy atom. The fourth-order valence-corrected chi connectivity index (χ4v) is 2.68. The molecular weight excluding hydrogens is 264 g/mol. The number of carbonyl (C=O) groups excluding carboxylic acids is 2. The lowest BCUT2D eigenvalue weighted by molar-refractivity contribution is 0.0926. The predicted octanol–water partition coefficient (Wildman–Crippen LogP) is 3.04. The topological polar surface area (TPSA) is 50.3 Å². The highest BCUT2D eigenvalue weighted by Gasteiger charge is 2.36. The van der Waals surface area contributed by atoms with Gasteiger partial charge in [0.1, 0.15) is 0 Å². The molecule has 0 radical (unpaired) electrons. The maximum absolute atomic E-state index is 12.5. The predicted molar refractivity (Wildman–Crippen MR) is 79.3 cm³/mol. The second kappa shape index (κ2) is 4.24. The zero-order chi connectivity index (χ0) is 14.4. The number of nitrogens with zero attached hydrogens (tertiary/aromatic N) is 2. The lowest BCUT2D eigenvalue weighted by atomic mass is 10.1. The molecule has 0 saturated carbocycles. The largest absolute Gasteiger partial charge is 0.268 e. The number of fused-ring (bicyclic) bond motifs is 2. The monoisotopic (exact) mass is 274 g/mol. The smallest absolute Gasteiger partial charge is 0.266 e. The van der Waals surface area contributed by atoms with Gasteiger partial charge in [0.25, 0.3) is 11.8 Å². The van der Waals surface area contributed by atoms with Gasteiger partial charge in [-0.05, 0) is 24.3 Å². The van der Waals surface area contributed by atoms with Gasteiger partial charge in [-0.15, -0.1) is 0 Å². The van der Waals surface area contributed by atoms with Crippen LogP contribution in [0, 0.1) is 0 Å². The molecule has 2 heterocycles. The Bertz CT molecular complexity index is 862. The second-order valence-electron chi connectivity index (χ2n) is 4.84. The van der Waals surface area contributed by atoms with E-state index in [1.165, 1.54) is 4.90 Å². The number of amides is 2. The van der Waals surface area contributed by atoms with Crippen LogP contribution in [0.1, 0.15) is 20.7 Å². The fraction of sp³-hybridized carbons (Fsp3) is 0. The summed E-state index contributed by atoms with van der Waals surface area (Å²) in [5, 5.41) is 0.787. The summed E-state index contributed by atoms with van der Waals surface area (Å²) in [6, 6.07) is 16.0. The first-order valence-corrected chi connectivity index (χ1v) is 6.59. The first kappa shape index (κ1) is 11.8. The summed E-state index contributed by atoms with van der Waals surface area (Å²) in [4.78, 5) is 30.6. The summed E-state index contributed by atoms with van der Waals surface area (Å²) in [6.07, 6.45) is 1.61. The molecule has 2 aromatic carbocycles. The van der Waals surface area contributed by atoms with Crippen LogP contribution in [0.3, 0.4) is 0 Å². The van der Waals surface area contributed by atoms with E-state index in [9.17, 15) is 9.59 Å². The summed E-state index contributed by atoms with van der Waals surface area (Å²) < 4.78 is 0. The molecule has 0 aliphatic carbocycles. The maximum Gasteiger partial charge on any atom is 0.266 e. The summed E-state index contributed by atoms with van der Waals surface area (Å²) in [6.45, 7) is 0. The number of imide groups is 1. The van der Waals surface area contributed by atoms with Crippen LogP contribution in [-0.4, -0.2) is 16.8 Å². The molecule has 1 aromatic heterocycles. The summed E-state index contributed by atoms with van der Waals surface area (Å²) in [5.41, 5.74) is 2.23. The van der Waals surface area contributed by atoms with Crippen LogP contribution in [0.2, 0.25) is 0 Å². The third kappa shape index (κ3) is 1.59. The van der Waals surface area contributed by atoms with Crippen molar-refractivity contribution < 1.29 is 9.59 Å². The highest BCUT2D eigenvalue weighted by atomic mass is 16.2. The number of anilines is 1. The van der Waals surface area contributed by atoms with Crippen LogP contribution in [0.15, 0.2) is 60.8 Å². The number of para-hydroxylation sites is 1. The molecule has 0 atom stereocenters. The van der Waals surface area contributed by atoms with Gasteiger partial charge in [0.15, 0.2) is 0 Å². The highest BCUT2D eigenvalue weighted by molar-refractivity contribution is 6.35. The van der Waals surface area contributed by atoms with E-state index in [1.54, 1.807) is 36.5 Å². The van der Waals surface area contributed by atoms with E-state index in [-0.39, 0.29) is 11.8 Å². The first-order valence-electron chi connectivity index (χ1n) is 6.59. The van der Waals surface area contributed by atoms with Crippen molar-refractivity contribution in [1.82, 2.24) is 4.98 Å². The summed E-state index contributed by atoms with van der Waals surface area (Å²) in [5.74, 6) is -0.570. The van der Waals surface area contributed by atoms with Crippen molar-refractivity contribution in [2.24, 2.45) is 0 Å². The van der Waals surface area contributed by atoms with Crippen molar-refractivity contribution in [3.63, 3.8) is 0 Å². The lowest BCUT2D eigenvalue weighted by Crippen LogP contribution is -2.29. The zero-order valence-electron chi connectivity index (χ0n) is 11.0. The molecule has 4 heteroatoms. The Kier molecular flexibility index (Phi) is 2.38. The van der Waals surface area contributed by atoms with Crippen LogP contribution < -0.4 is 4.90 Å². The fourth-order valence-electron chi connectivity index (χ4n) is 2.68. The van der Waals surface area contributed by atoms with E-state index < -0.39 is 0 Å². The van der Waals surface area contributed by atoms with Crippen molar-refractivity contribution in [1.29, 1.82) is 0 Å². The molecule has 2 amide bonds. The minimum atomic E-state index is -0.285. The van der Waals surface area contributed by atoms with Gasteiger partial charge in [0.05, 0.1) is 22.3 Å². The van der Waals surface area contributed by atoms with E-state index in [2.05, 4.69) is 4.98 Å². The van der Waals surface area contributed by atoms with Crippen molar-refractivity contribution in [3.8, 4) is 0 Å². The Morgan fingerprint density at radius 2 is 1.38 bits per heavy atom. The molecule has 0 fully saturated rings. The SMILES string of the molecule is O=C1c2ccccc2C(=O)N1c1ccnc2ccccc12. The van der Waals surface area contributed by atoms with Crippen molar-refractivity contribution in [2.45, 2.75) is 0 Å². The van der Waals surface area contributed by atoms with Crippen molar-refractivity contribution in [2.75, 3.05) is 4.90 Å². The van der Waals surface area contributed by atoms with Gasteiger partial charge in [-0.3, -0.25) is 14.6 Å². The second-order valence-corrected chi connectivity index (χ2v) is 4.84. The molecule has 21 heavy (non-hydrogen) atoms. The Balaban J connectivity index is 1.95. The molecule has 4 rings (SSSR count). The number of benzene rings is 2. The van der Waals surface area contributed by atoms with Gasteiger partial charge in [-0.1, -0.05) is 30.3 Å². The highest BCUT2D eigenvalue weighted by Crippen LogP contribution is 2.32. The van der Waals surface area contributed by atoms with Gasteiger partial charge < -0.3 is 0 Å². The molecule has 0 bridgehead atoms. The normalized spacial score (nSPS) is 13.8. The zero-order valence-corrected chi connectivity index (χ0v) is 11.0. The Labute approximate surface area is 120 Å². The van der Waals surface area contributed by atoms with E-state index in [4.69, 9.17) is 0 Å². The van der Waals surface area contributed by atoms with E-state index in [0.717, 1.165) is 10.9 Å². The van der Waals surface area contributed by atoms with E-state index in [1.807, 2.05) is 24.3 Å². The third-order valence-corrected chi connectivity index (χ3v) is 3.66. The minimum absolute atomic E-state index is 0.285. The Hall–Kier alpha value is -3.01. The average molecular weight is 274 g/mol. The van der Waals surface area contributed by atoms with E-state index >= 15 is 0 Å². The number of hydrogen-bond donors (Lipinski definition) is 0. The Morgan fingerprint density at radius 1 is 0.762 bits per heavy atom. The molecule has 0 N–H and O–H groups in total. The van der Waals surface area contributed by atoms with Gasteiger partial charge >= 0.3 is 0 Å². The van der Waals surface area contributed by atoms with Gasteiger partial charge in [0.2, 0.25) is 0 Å². The van der Waals surface area contributed by atoms with Gasteiger partial charge in [-0.2, -0.15) is 0 Å². The molecule has 0 saturated heterocycles. The molecule has 0 unspecified atom stereocenters. The van der Waals surface area contributed by atoms with E-state index in [0.29, 0.717) is 16.8 Å². The molecule has 1 aliphatic heterocycles. The van der Waals surface area contributed by atoms with Gasteiger partial charge in [-0.25, -0.2) is 4.90 Å². The molecule has 3 aromatic rings. The molecule has 0 spiro atoms. The van der Waals surface area contributed by atoms with Crippen molar-refractivity contribution >= 4 is 28.4 Å². The number of hydrogen-bond acceptors (Lipinski definition) is 3. The molecular formula is C17H10N2O2. The maximum atomic E-state index is 12.5. The average Bonchev–Trinajstić information content (AvgIpc) is 2.79. The summed E-state index contributed by atoms with van der Waals surface area (Å²) in [7, 11) is 0. The first-order chi connectivity index (χ1) is 10.3. The number of rotatable bonds is 1. The van der Waals surface area contributed by atoms with Gasteiger partial charge in [0, 0.05) is 11.6 Å². The van der Waals surface area contributed by atoms with Crippen molar-refractivity contribution in [3.05, 3.63) is 71.9 Å². The number of carbonyl (C=O) groups is 2. The third-order valence-electron chi connectivity index (χ3n) is 3.66. The van der Waals surface area contributed by atoms with Crippen LogP contribution in [0.25, 0.3) is 10.9 Å². The lowest BCUT2D eigenvalue weighted by Gasteiger charge is -2.15. The van der Waals surface area contributed by atoms with Crippen LogP contribution in [0.4, 0.5) is 5.69 Å². The van der Waals surface area contributed by atoms with Crippen LogP contribution >= 0.6 is 0 Å². The number of pyridine rings is 1. The standard InChI is InChI=1S/C17H10N2O2/c20-16-11-5-1-2-6-12(11)17(21)19(16)15-9-10-18-14-8-4-3-7-13(14)15/h1-10H. The molecule has 4 nitrogen and oxygen atoms in total. The summed E-state index contributed by atoms with van der Waals surface area (Å²) >= 11 is 0. The quantitative estimate of drug-likeness (QED) is 0.641. The number of aromatic nitrogens is 1. The molecule has 1 aliphatic rings. The minimum Gasteiger partial charge on any atom is -0.268 e. The van der Waals surface area contributed by atoms with Crippen LogP contribution in [-0.2, 0) is 0 Å². The van der Waals surface area contributed by atoms with Crippen LogP contribution in [0.5, 0.6) is 0 Å². The molecule has 100 valence electrons.